The van der Waals surface area contributed by atoms with Crippen LogP contribution in [0.4, 0.5) is 0 Å². The summed E-state index contributed by atoms with van der Waals surface area (Å²) in [6.07, 6.45) is 6.67. The lowest BCUT2D eigenvalue weighted by atomic mass is 9.95. The van der Waals surface area contributed by atoms with Gasteiger partial charge in [0.05, 0.1) is 11.0 Å². The van der Waals surface area contributed by atoms with Crippen molar-refractivity contribution in [1.82, 2.24) is 15.3 Å². The van der Waals surface area contributed by atoms with E-state index in [0.29, 0.717) is 12.1 Å². The van der Waals surface area contributed by atoms with Crippen LogP contribution in [-0.4, -0.2) is 16.0 Å². The minimum atomic E-state index is -0.139. The number of benzene rings is 1. The van der Waals surface area contributed by atoms with E-state index >= 15 is 0 Å². The second-order valence-electron chi connectivity index (χ2n) is 6.49. The van der Waals surface area contributed by atoms with Crippen molar-refractivity contribution in [2.45, 2.75) is 58.0 Å². The van der Waals surface area contributed by atoms with Crippen molar-refractivity contribution >= 4 is 11.0 Å². The van der Waals surface area contributed by atoms with Crippen LogP contribution >= 0.6 is 0 Å². The van der Waals surface area contributed by atoms with Gasteiger partial charge in [-0.2, -0.15) is 0 Å². The third-order valence-electron chi connectivity index (χ3n) is 4.87. The molecule has 1 aromatic carbocycles. The highest BCUT2D eigenvalue weighted by Crippen LogP contribution is 2.26. The molecule has 3 rings (SSSR count). The number of imidazole rings is 1. The highest BCUT2D eigenvalue weighted by molar-refractivity contribution is 5.75. The molecule has 1 aliphatic rings. The first-order valence-electron chi connectivity index (χ1n) is 8.11. The van der Waals surface area contributed by atoms with E-state index in [-0.39, 0.29) is 5.69 Å². The number of hydrogen-bond donors (Lipinski definition) is 3. The Labute approximate surface area is 125 Å². The van der Waals surface area contributed by atoms with Crippen molar-refractivity contribution < 1.29 is 0 Å². The van der Waals surface area contributed by atoms with Crippen LogP contribution in [-0.2, 0) is 0 Å². The largest absolute Gasteiger partial charge is 0.323 e. The fourth-order valence-electron chi connectivity index (χ4n) is 3.48. The quantitative estimate of drug-likeness (QED) is 0.757. The summed E-state index contributed by atoms with van der Waals surface area (Å²) in [5.41, 5.74) is 2.85. The van der Waals surface area contributed by atoms with Crippen LogP contribution in [0, 0.1) is 5.92 Å². The molecule has 2 aromatic rings. The van der Waals surface area contributed by atoms with Crippen LogP contribution in [0.3, 0.4) is 0 Å². The zero-order valence-electron chi connectivity index (χ0n) is 12.9. The molecular formula is C17H25N3O. The molecule has 0 saturated heterocycles. The number of aromatic nitrogens is 2. The molecule has 4 nitrogen and oxygen atoms in total. The predicted octanol–water partition coefficient (Wildman–Crippen LogP) is 3.48. The average Bonchev–Trinajstić information content (AvgIpc) is 2.72. The van der Waals surface area contributed by atoms with Gasteiger partial charge in [0.1, 0.15) is 0 Å². The summed E-state index contributed by atoms with van der Waals surface area (Å²) in [4.78, 5) is 17.0. The number of rotatable bonds is 3. The summed E-state index contributed by atoms with van der Waals surface area (Å²) >= 11 is 0. The Bertz CT molecular complexity index is 657. The summed E-state index contributed by atoms with van der Waals surface area (Å²) in [5.74, 6) is 0.741. The van der Waals surface area contributed by atoms with Gasteiger partial charge in [0.25, 0.3) is 0 Å². The second-order valence-corrected chi connectivity index (χ2v) is 6.49. The molecule has 1 heterocycles. The third-order valence-corrected chi connectivity index (χ3v) is 4.87. The zero-order chi connectivity index (χ0) is 14.8. The third kappa shape index (κ3) is 3.21. The Hall–Kier alpha value is -1.55. The first-order valence-corrected chi connectivity index (χ1v) is 8.11. The van der Waals surface area contributed by atoms with E-state index in [1.807, 2.05) is 6.07 Å². The van der Waals surface area contributed by atoms with Crippen molar-refractivity contribution in [3.05, 3.63) is 34.2 Å². The number of H-pyrrole nitrogens is 2. The van der Waals surface area contributed by atoms with Gasteiger partial charge in [-0.3, -0.25) is 0 Å². The van der Waals surface area contributed by atoms with Crippen LogP contribution < -0.4 is 11.0 Å². The van der Waals surface area contributed by atoms with E-state index in [2.05, 4.69) is 41.3 Å². The molecule has 1 fully saturated rings. The summed E-state index contributed by atoms with van der Waals surface area (Å²) < 4.78 is 0. The highest BCUT2D eigenvalue weighted by atomic mass is 16.1. The maximum Gasteiger partial charge on any atom is 0.323 e. The predicted molar refractivity (Wildman–Crippen MR) is 86.5 cm³/mol. The Morgan fingerprint density at radius 1 is 1.14 bits per heavy atom. The van der Waals surface area contributed by atoms with Gasteiger partial charge in [-0.1, -0.05) is 32.3 Å². The molecule has 21 heavy (non-hydrogen) atoms. The lowest BCUT2D eigenvalue weighted by molar-refractivity contribution is 0.330. The van der Waals surface area contributed by atoms with Gasteiger partial charge in [-0.05, 0) is 43.4 Å². The maximum atomic E-state index is 11.3. The standard InChI is InChI=1S/C17H25N3O/c1-11-6-4-3-5-7-14(11)18-12(2)13-8-9-15-16(10-13)20-17(21)19-15/h8-12,14,18H,3-7H2,1-2H3,(H2,19,20,21). The fraction of sp³-hybridized carbons (Fsp3) is 0.588. The Morgan fingerprint density at radius 3 is 2.76 bits per heavy atom. The Kier molecular flexibility index (Phi) is 4.15. The molecule has 1 aromatic heterocycles. The van der Waals surface area contributed by atoms with E-state index < -0.39 is 0 Å². The molecule has 0 aliphatic heterocycles. The summed E-state index contributed by atoms with van der Waals surface area (Å²) in [7, 11) is 0. The molecule has 1 saturated carbocycles. The van der Waals surface area contributed by atoms with Gasteiger partial charge in [-0.15, -0.1) is 0 Å². The Balaban J connectivity index is 1.76. The molecule has 3 N–H and O–H groups in total. The lowest BCUT2D eigenvalue weighted by Crippen LogP contribution is -2.36. The van der Waals surface area contributed by atoms with E-state index in [4.69, 9.17) is 0 Å². The van der Waals surface area contributed by atoms with Crippen molar-refractivity contribution in [2.75, 3.05) is 0 Å². The van der Waals surface area contributed by atoms with Crippen LogP contribution in [0.2, 0.25) is 0 Å². The highest BCUT2D eigenvalue weighted by Gasteiger charge is 2.21. The number of fused-ring (bicyclic) bond motifs is 1. The van der Waals surface area contributed by atoms with Gasteiger partial charge < -0.3 is 15.3 Å². The second kappa shape index (κ2) is 6.06. The number of aromatic amines is 2. The first-order chi connectivity index (χ1) is 10.1. The molecule has 0 amide bonds. The van der Waals surface area contributed by atoms with Gasteiger partial charge in [-0.25, -0.2) is 4.79 Å². The molecule has 0 bridgehead atoms. The van der Waals surface area contributed by atoms with Crippen molar-refractivity contribution in [3.63, 3.8) is 0 Å². The first kappa shape index (κ1) is 14.4. The number of nitrogens with one attached hydrogen (secondary N) is 3. The van der Waals surface area contributed by atoms with Crippen LogP contribution in [0.25, 0.3) is 11.0 Å². The van der Waals surface area contributed by atoms with Crippen LogP contribution in [0.1, 0.15) is 57.6 Å². The Morgan fingerprint density at radius 2 is 1.90 bits per heavy atom. The summed E-state index contributed by atoms with van der Waals surface area (Å²) in [5, 5.41) is 3.79. The zero-order valence-corrected chi connectivity index (χ0v) is 12.9. The van der Waals surface area contributed by atoms with Gasteiger partial charge in [0.2, 0.25) is 0 Å². The molecule has 3 atom stereocenters. The average molecular weight is 287 g/mol. The van der Waals surface area contributed by atoms with Crippen LogP contribution in [0.15, 0.2) is 23.0 Å². The van der Waals surface area contributed by atoms with E-state index in [1.165, 1.54) is 37.7 Å². The minimum absolute atomic E-state index is 0.139. The normalized spacial score (nSPS) is 24.9. The van der Waals surface area contributed by atoms with E-state index in [0.717, 1.165) is 17.0 Å². The molecule has 1 aliphatic carbocycles. The topological polar surface area (TPSA) is 60.7 Å². The molecule has 4 heteroatoms. The summed E-state index contributed by atoms with van der Waals surface area (Å²) in [6, 6.07) is 7.07. The monoisotopic (exact) mass is 287 g/mol. The van der Waals surface area contributed by atoms with Gasteiger partial charge in [0.15, 0.2) is 0 Å². The van der Waals surface area contributed by atoms with Gasteiger partial charge in [0, 0.05) is 12.1 Å². The molecule has 3 unspecified atom stereocenters. The maximum absolute atomic E-state index is 11.3. The molecule has 0 spiro atoms. The van der Waals surface area contributed by atoms with E-state index in [9.17, 15) is 4.79 Å². The summed E-state index contributed by atoms with van der Waals surface area (Å²) in [6.45, 7) is 4.58. The lowest BCUT2D eigenvalue weighted by Gasteiger charge is -2.27. The smallest absolute Gasteiger partial charge is 0.307 e. The molecule has 114 valence electrons. The molecular weight excluding hydrogens is 262 g/mol. The van der Waals surface area contributed by atoms with Crippen LogP contribution in [0.5, 0.6) is 0 Å². The van der Waals surface area contributed by atoms with Gasteiger partial charge >= 0.3 is 5.69 Å². The fourth-order valence-corrected chi connectivity index (χ4v) is 3.48. The SMILES string of the molecule is CC(NC1CCCCCC1C)c1ccc2[nH]c(=O)[nH]c2c1. The number of hydrogen-bond acceptors (Lipinski definition) is 2. The van der Waals surface area contributed by atoms with Crippen molar-refractivity contribution in [3.8, 4) is 0 Å². The van der Waals surface area contributed by atoms with E-state index in [1.54, 1.807) is 0 Å². The minimum Gasteiger partial charge on any atom is -0.307 e. The molecule has 0 radical (unpaired) electrons. The van der Waals surface area contributed by atoms with Crippen molar-refractivity contribution in [2.24, 2.45) is 5.92 Å². The van der Waals surface area contributed by atoms with Crippen molar-refractivity contribution in [1.29, 1.82) is 0 Å².